The molecular weight excluding hydrogens is 298 g/mol. The molecule has 0 unspecified atom stereocenters. The Labute approximate surface area is 124 Å². The Morgan fingerprint density at radius 3 is 2.57 bits per heavy atom. The molecule has 8 nitrogen and oxygen atoms in total. The number of rotatable bonds is 9. The minimum Gasteiger partial charge on any atom is -0.464 e. The fourth-order valence-corrected chi connectivity index (χ4v) is 3.13. The molecule has 1 aromatic heterocycles. The fourth-order valence-electron chi connectivity index (χ4n) is 1.85. The third-order valence-electron chi connectivity index (χ3n) is 2.89. The molecule has 0 spiro atoms. The number of sulfone groups is 1. The van der Waals surface area contributed by atoms with Gasteiger partial charge in [-0.3, -0.25) is 0 Å². The smallest absolute Gasteiger partial charge is 0.360 e. The molecule has 9 heteroatoms. The van der Waals surface area contributed by atoms with Gasteiger partial charge in [0.15, 0.2) is 15.5 Å². The van der Waals surface area contributed by atoms with Gasteiger partial charge in [0.25, 0.3) is 0 Å². The van der Waals surface area contributed by atoms with Crippen molar-refractivity contribution in [2.24, 2.45) is 0 Å². The molecule has 0 bridgehead atoms. The normalized spacial score (nSPS) is 11.6. The van der Waals surface area contributed by atoms with Gasteiger partial charge in [-0.25, -0.2) is 17.9 Å². The van der Waals surface area contributed by atoms with Crippen LogP contribution in [-0.4, -0.2) is 61.7 Å². The fraction of sp³-hybridized carbons (Fsp3) is 0.750. The van der Waals surface area contributed by atoms with Crippen LogP contribution in [0.15, 0.2) is 0 Å². The second-order valence-electron chi connectivity index (χ2n) is 4.49. The van der Waals surface area contributed by atoms with Gasteiger partial charge in [-0.1, -0.05) is 12.1 Å². The van der Waals surface area contributed by atoms with Crippen molar-refractivity contribution in [3.8, 4) is 0 Å². The van der Waals surface area contributed by atoms with Crippen molar-refractivity contribution < 1.29 is 22.7 Å². The summed E-state index contributed by atoms with van der Waals surface area (Å²) in [4.78, 5) is 11.6. The first-order valence-electron chi connectivity index (χ1n) is 6.65. The Bertz CT molecular complexity index is 567. The average molecular weight is 319 g/mol. The number of aromatic nitrogens is 3. The lowest BCUT2D eigenvalue weighted by Crippen LogP contribution is -2.19. The lowest BCUT2D eigenvalue weighted by atomic mass is 10.2. The molecule has 0 amide bonds. The van der Waals surface area contributed by atoms with E-state index >= 15 is 0 Å². The molecule has 0 aliphatic carbocycles. The molecular formula is C12H21N3O5S. The first-order chi connectivity index (χ1) is 9.95. The van der Waals surface area contributed by atoms with Crippen molar-refractivity contribution in [2.75, 3.05) is 32.3 Å². The summed E-state index contributed by atoms with van der Waals surface area (Å²) in [6, 6.07) is 0. The summed E-state index contributed by atoms with van der Waals surface area (Å²) in [7, 11) is -0.323. The highest BCUT2D eigenvalue weighted by Gasteiger charge is 2.21. The van der Waals surface area contributed by atoms with E-state index in [1.54, 1.807) is 0 Å². The number of nitrogens with zero attached hydrogens (tertiary/aromatic N) is 3. The van der Waals surface area contributed by atoms with E-state index in [0.29, 0.717) is 25.1 Å². The lowest BCUT2D eigenvalue weighted by molar-refractivity contribution is 0.0592. The second kappa shape index (κ2) is 8.08. The maximum atomic E-state index is 11.7. The number of methoxy groups -OCH3 is 2. The van der Waals surface area contributed by atoms with E-state index in [0.717, 1.165) is 0 Å². The lowest BCUT2D eigenvalue weighted by Gasteiger charge is -2.07. The molecule has 120 valence electrons. The van der Waals surface area contributed by atoms with Crippen molar-refractivity contribution in [3.63, 3.8) is 0 Å². The van der Waals surface area contributed by atoms with Gasteiger partial charge in [0, 0.05) is 19.3 Å². The van der Waals surface area contributed by atoms with Crippen molar-refractivity contribution >= 4 is 15.8 Å². The summed E-state index contributed by atoms with van der Waals surface area (Å²) in [5.74, 6) is -0.493. The third-order valence-corrected chi connectivity index (χ3v) is 4.72. The van der Waals surface area contributed by atoms with Gasteiger partial charge in [0.05, 0.1) is 31.7 Å². The number of carbonyl (C=O) groups is 1. The Kier molecular flexibility index (Phi) is 6.76. The number of aryl methyl sites for hydroxylation is 1. The molecule has 0 saturated heterocycles. The van der Waals surface area contributed by atoms with Crippen LogP contribution in [0.1, 0.15) is 29.5 Å². The predicted octanol–water partition coefficient (Wildman–Crippen LogP) is 0.0784. The van der Waals surface area contributed by atoms with E-state index in [2.05, 4.69) is 15.0 Å². The number of ether oxygens (including phenoxy) is 2. The number of esters is 1. The topological polar surface area (TPSA) is 100 Å². The minimum absolute atomic E-state index is 0.0369. The standard InChI is InChI=1S/C12H21N3O5S/c1-4-8-21(17,18)9-6-15-10(5-7-19-2)11(13-14-15)12(16)20-3/h4-9H2,1-3H3. The molecule has 0 aliphatic heterocycles. The SMILES string of the molecule is CCCS(=O)(=O)CCn1nnc(C(=O)OC)c1CCOC. The molecule has 0 saturated carbocycles. The average Bonchev–Trinajstić information content (AvgIpc) is 2.85. The molecule has 0 atom stereocenters. The zero-order valence-corrected chi connectivity index (χ0v) is 13.4. The summed E-state index contributed by atoms with van der Waals surface area (Å²) in [6.45, 7) is 2.34. The Balaban J connectivity index is 2.91. The van der Waals surface area contributed by atoms with Gasteiger partial charge in [0.2, 0.25) is 0 Å². The Morgan fingerprint density at radius 1 is 1.29 bits per heavy atom. The van der Waals surface area contributed by atoms with Gasteiger partial charge >= 0.3 is 5.97 Å². The van der Waals surface area contributed by atoms with Gasteiger partial charge in [-0.15, -0.1) is 5.10 Å². The highest BCUT2D eigenvalue weighted by Crippen LogP contribution is 2.09. The van der Waals surface area contributed by atoms with Gasteiger partial charge in [0.1, 0.15) is 0 Å². The van der Waals surface area contributed by atoms with Crippen LogP contribution in [0, 0.1) is 0 Å². The molecule has 0 N–H and O–H groups in total. The van der Waals surface area contributed by atoms with Crippen LogP contribution in [0.2, 0.25) is 0 Å². The third kappa shape index (κ3) is 5.09. The highest BCUT2D eigenvalue weighted by molar-refractivity contribution is 7.91. The van der Waals surface area contributed by atoms with Gasteiger partial charge < -0.3 is 9.47 Å². The molecule has 0 radical (unpaired) electrons. The molecule has 0 fully saturated rings. The van der Waals surface area contributed by atoms with Crippen LogP contribution in [-0.2, 0) is 32.3 Å². The molecule has 1 rings (SSSR count). The van der Waals surface area contributed by atoms with E-state index < -0.39 is 15.8 Å². The first kappa shape index (κ1) is 17.6. The maximum absolute atomic E-state index is 11.7. The van der Waals surface area contributed by atoms with E-state index in [-0.39, 0.29) is 23.7 Å². The van der Waals surface area contributed by atoms with E-state index in [1.165, 1.54) is 18.9 Å². The monoisotopic (exact) mass is 319 g/mol. The van der Waals surface area contributed by atoms with E-state index in [1.807, 2.05) is 6.92 Å². The van der Waals surface area contributed by atoms with E-state index in [4.69, 9.17) is 4.74 Å². The van der Waals surface area contributed by atoms with Crippen LogP contribution in [0.3, 0.4) is 0 Å². The quantitative estimate of drug-likeness (QED) is 0.594. The van der Waals surface area contributed by atoms with Crippen molar-refractivity contribution in [1.82, 2.24) is 15.0 Å². The van der Waals surface area contributed by atoms with Crippen LogP contribution < -0.4 is 0 Å². The van der Waals surface area contributed by atoms with Crippen molar-refractivity contribution in [3.05, 3.63) is 11.4 Å². The van der Waals surface area contributed by atoms with Crippen LogP contribution in [0.4, 0.5) is 0 Å². The summed E-state index contributed by atoms with van der Waals surface area (Å²) in [5.41, 5.74) is 0.623. The highest BCUT2D eigenvalue weighted by atomic mass is 32.2. The molecule has 0 aromatic carbocycles. The maximum Gasteiger partial charge on any atom is 0.360 e. The number of hydrogen-bond acceptors (Lipinski definition) is 7. The Morgan fingerprint density at radius 2 is 2.00 bits per heavy atom. The second-order valence-corrected chi connectivity index (χ2v) is 6.80. The zero-order valence-electron chi connectivity index (χ0n) is 12.5. The molecule has 21 heavy (non-hydrogen) atoms. The molecule has 1 heterocycles. The summed E-state index contributed by atoms with van der Waals surface area (Å²) >= 11 is 0. The number of carbonyl (C=O) groups excluding carboxylic acids is 1. The van der Waals surface area contributed by atoms with Gasteiger partial charge in [-0.05, 0) is 6.42 Å². The Hall–Kier alpha value is -1.48. The number of hydrogen-bond donors (Lipinski definition) is 0. The zero-order chi connectivity index (χ0) is 15.9. The molecule has 0 aliphatic rings. The van der Waals surface area contributed by atoms with Crippen LogP contribution in [0.5, 0.6) is 0 Å². The van der Waals surface area contributed by atoms with Crippen LogP contribution in [0.25, 0.3) is 0 Å². The summed E-state index contributed by atoms with van der Waals surface area (Å²) in [5, 5.41) is 7.62. The van der Waals surface area contributed by atoms with E-state index in [9.17, 15) is 13.2 Å². The summed E-state index contributed by atoms with van der Waals surface area (Å²) in [6.07, 6.45) is 0.978. The van der Waals surface area contributed by atoms with Crippen LogP contribution >= 0.6 is 0 Å². The minimum atomic E-state index is -3.12. The molecule has 1 aromatic rings. The van der Waals surface area contributed by atoms with Crippen molar-refractivity contribution in [2.45, 2.75) is 26.3 Å². The predicted molar refractivity (Wildman–Crippen MR) is 75.9 cm³/mol. The van der Waals surface area contributed by atoms with Gasteiger partial charge in [-0.2, -0.15) is 0 Å². The first-order valence-corrected chi connectivity index (χ1v) is 8.47. The summed E-state index contributed by atoms with van der Waals surface area (Å²) < 4.78 is 34.5. The van der Waals surface area contributed by atoms with Crippen molar-refractivity contribution in [1.29, 1.82) is 0 Å². The largest absolute Gasteiger partial charge is 0.464 e.